The van der Waals surface area contributed by atoms with E-state index in [-0.39, 0.29) is 11.5 Å². The molecule has 5 aliphatic rings. The van der Waals surface area contributed by atoms with Gasteiger partial charge in [0, 0.05) is 11.3 Å². The van der Waals surface area contributed by atoms with Crippen LogP contribution in [-0.4, -0.2) is 11.7 Å². The van der Waals surface area contributed by atoms with Crippen molar-refractivity contribution in [2.24, 2.45) is 52.3 Å². The Bertz CT molecular complexity index is 710. The van der Waals surface area contributed by atoms with Crippen molar-refractivity contribution < 1.29 is 4.74 Å². The summed E-state index contributed by atoms with van der Waals surface area (Å²) >= 11 is 0. The minimum atomic E-state index is 0.0721. The number of nitriles is 1. The average molecular weight is 412 g/mol. The van der Waals surface area contributed by atoms with Crippen molar-refractivity contribution >= 4 is 0 Å². The van der Waals surface area contributed by atoms with Gasteiger partial charge in [0.1, 0.15) is 5.60 Å². The Morgan fingerprint density at radius 3 is 2.53 bits per heavy atom. The van der Waals surface area contributed by atoms with E-state index in [1.54, 1.807) is 0 Å². The van der Waals surface area contributed by atoms with Crippen LogP contribution in [0.5, 0.6) is 0 Å². The molecule has 0 unspecified atom stereocenters. The van der Waals surface area contributed by atoms with Crippen molar-refractivity contribution in [2.75, 3.05) is 0 Å². The van der Waals surface area contributed by atoms with E-state index >= 15 is 0 Å². The summed E-state index contributed by atoms with van der Waals surface area (Å²) in [6.07, 6.45) is 15.1. The van der Waals surface area contributed by atoms with Crippen molar-refractivity contribution in [3.8, 4) is 6.07 Å². The maximum Gasteiger partial charge on any atom is 0.102 e. The van der Waals surface area contributed by atoms with E-state index < -0.39 is 0 Å². The Morgan fingerprint density at radius 1 is 1.00 bits per heavy atom. The summed E-state index contributed by atoms with van der Waals surface area (Å²) in [6.45, 7) is 12.6. The van der Waals surface area contributed by atoms with Crippen LogP contribution in [0.2, 0.25) is 0 Å². The number of hydrogen-bond donors (Lipinski definition) is 0. The third kappa shape index (κ3) is 2.89. The summed E-state index contributed by atoms with van der Waals surface area (Å²) in [5.41, 5.74) is 0.965. The van der Waals surface area contributed by atoms with Gasteiger partial charge < -0.3 is 4.74 Å². The predicted octanol–water partition coefficient (Wildman–Crippen LogP) is 7.38. The maximum atomic E-state index is 9.56. The number of ether oxygens (including phenoxy) is 1. The zero-order valence-corrected chi connectivity index (χ0v) is 20.3. The molecule has 1 heterocycles. The highest BCUT2D eigenvalue weighted by Crippen LogP contribution is 2.74. The summed E-state index contributed by atoms with van der Waals surface area (Å²) in [5, 5.41) is 9.56. The van der Waals surface area contributed by atoms with Crippen LogP contribution in [0.15, 0.2) is 0 Å². The first-order valence-corrected chi connectivity index (χ1v) is 13.3. The van der Waals surface area contributed by atoms with Crippen LogP contribution in [0.4, 0.5) is 0 Å². The predicted molar refractivity (Wildman–Crippen MR) is 122 cm³/mol. The Morgan fingerprint density at radius 2 is 1.80 bits per heavy atom. The Labute approximate surface area is 185 Å². The van der Waals surface area contributed by atoms with Crippen molar-refractivity contribution in [1.29, 1.82) is 5.26 Å². The maximum absolute atomic E-state index is 9.56. The van der Waals surface area contributed by atoms with Crippen LogP contribution in [-0.2, 0) is 4.74 Å². The molecule has 0 N–H and O–H groups in total. The average Bonchev–Trinajstić information content (AvgIpc) is 3.28. The fourth-order valence-corrected chi connectivity index (χ4v) is 9.82. The highest BCUT2D eigenvalue weighted by atomic mass is 16.6. The fourth-order valence-electron chi connectivity index (χ4n) is 9.82. The SMILES string of the molecule is CC(C)CCC[C@H](C)[C@@H]1CC[C@@H]2[C@H]3C[C@@H]4O[C@@]45C[C@@H](C#N)CC[C@]5(C)[C@@H]3CC[C@]21C. The molecule has 4 saturated carbocycles. The molecule has 5 fully saturated rings. The molecule has 1 spiro atoms. The second-order valence-electron chi connectivity index (χ2n) is 13.1. The molecule has 0 bridgehead atoms. The van der Waals surface area contributed by atoms with Gasteiger partial charge in [0.15, 0.2) is 0 Å². The number of fused-ring (bicyclic) bond motifs is 4. The molecule has 30 heavy (non-hydrogen) atoms. The quantitative estimate of drug-likeness (QED) is 0.442. The lowest BCUT2D eigenvalue weighted by molar-refractivity contribution is -0.104. The summed E-state index contributed by atoms with van der Waals surface area (Å²) in [7, 11) is 0. The zero-order valence-electron chi connectivity index (χ0n) is 20.3. The highest BCUT2D eigenvalue weighted by Gasteiger charge is 2.76. The fraction of sp³-hybridized carbons (Fsp3) is 0.964. The summed E-state index contributed by atoms with van der Waals surface area (Å²) < 4.78 is 6.58. The van der Waals surface area contributed by atoms with Gasteiger partial charge in [-0.05, 0) is 92.3 Å². The van der Waals surface area contributed by atoms with E-state index in [1.165, 1.54) is 57.8 Å². The molecule has 0 aromatic rings. The van der Waals surface area contributed by atoms with E-state index in [0.717, 1.165) is 48.3 Å². The summed E-state index contributed by atoms with van der Waals surface area (Å²) in [6, 6.07) is 2.58. The van der Waals surface area contributed by atoms with Crippen molar-refractivity contribution in [1.82, 2.24) is 0 Å². The van der Waals surface area contributed by atoms with E-state index in [1.807, 2.05) is 0 Å². The molecule has 0 aromatic heterocycles. The number of rotatable bonds is 5. The molecule has 10 atom stereocenters. The third-order valence-corrected chi connectivity index (χ3v) is 11.5. The van der Waals surface area contributed by atoms with Gasteiger partial charge >= 0.3 is 0 Å². The van der Waals surface area contributed by atoms with Crippen LogP contribution in [0.3, 0.4) is 0 Å². The van der Waals surface area contributed by atoms with Crippen molar-refractivity contribution in [3.05, 3.63) is 0 Å². The molecule has 0 aromatic carbocycles. The Hall–Kier alpha value is -0.550. The van der Waals surface area contributed by atoms with E-state index in [2.05, 4.69) is 40.7 Å². The molecule has 0 radical (unpaired) electrons. The molecule has 2 nitrogen and oxygen atoms in total. The van der Waals surface area contributed by atoms with E-state index in [0.29, 0.717) is 16.9 Å². The molecular weight excluding hydrogens is 366 g/mol. The zero-order chi connectivity index (χ0) is 21.3. The lowest BCUT2D eigenvalue weighted by Gasteiger charge is -2.59. The van der Waals surface area contributed by atoms with E-state index in [9.17, 15) is 5.26 Å². The molecule has 2 heteroatoms. The third-order valence-electron chi connectivity index (χ3n) is 11.5. The smallest absolute Gasteiger partial charge is 0.102 e. The Kier molecular flexibility index (Phi) is 5.13. The molecule has 5 rings (SSSR count). The van der Waals surface area contributed by atoms with Crippen LogP contribution >= 0.6 is 0 Å². The van der Waals surface area contributed by atoms with Gasteiger partial charge in [-0.1, -0.05) is 53.9 Å². The number of hydrogen-bond acceptors (Lipinski definition) is 2. The van der Waals surface area contributed by atoms with E-state index in [4.69, 9.17) is 4.74 Å². The van der Waals surface area contributed by atoms with Crippen molar-refractivity contribution in [3.63, 3.8) is 0 Å². The lowest BCUT2D eigenvalue weighted by atomic mass is 9.44. The first kappa shape index (κ1) is 21.3. The van der Waals surface area contributed by atoms with Gasteiger partial charge in [-0.2, -0.15) is 5.26 Å². The van der Waals surface area contributed by atoms with Gasteiger partial charge in [-0.3, -0.25) is 0 Å². The van der Waals surface area contributed by atoms with Crippen LogP contribution in [0.25, 0.3) is 0 Å². The number of epoxide rings is 1. The lowest BCUT2D eigenvalue weighted by Crippen LogP contribution is -2.58. The molecule has 0 amide bonds. The first-order chi connectivity index (χ1) is 14.2. The van der Waals surface area contributed by atoms with Crippen LogP contribution < -0.4 is 0 Å². The largest absolute Gasteiger partial charge is 0.365 e. The van der Waals surface area contributed by atoms with Gasteiger partial charge in [0.25, 0.3) is 0 Å². The second-order valence-corrected chi connectivity index (χ2v) is 13.1. The van der Waals surface area contributed by atoms with Crippen LogP contribution in [0, 0.1) is 63.6 Å². The normalized spacial score (nSPS) is 52.6. The molecule has 1 saturated heterocycles. The minimum Gasteiger partial charge on any atom is -0.365 e. The van der Waals surface area contributed by atoms with Gasteiger partial charge in [0.05, 0.1) is 12.2 Å². The monoisotopic (exact) mass is 411 g/mol. The van der Waals surface area contributed by atoms with Gasteiger partial charge in [-0.25, -0.2) is 0 Å². The van der Waals surface area contributed by atoms with Gasteiger partial charge in [-0.15, -0.1) is 0 Å². The highest BCUT2D eigenvalue weighted by molar-refractivity contribution is 5.25. The molecule has 1 aliphatic heterocycles. The van der Waals surface area contributed by atoms with Crippen molar-refractivity contribution in [2.45, 2.75) is 117 Å². The summed E-state index contributed by atoms with van der Waals surface area (Å²) in [4.78, 5) is 0. The summed E-state index contributed by atoms with van der Waals surface area (Å²) in [5.74, 6) is 5.53. The molecule has 4 aliphatic carbocycles. The first-order valence-electron chi connectivity index (χ1n) is 13.3. The topological polar surface area (TPSA) is 36.3 Å². The minimum absolute atomic E-state index is 0.0721. The molecule has 168 valence electrons. The second kappa shape index (κ2) is 7.23. The standard InChI is InChI=1S/C28H45NO/c1-18(2)7-6-8-19(3)22-9-10-23-21-15-25-28(30-25)16-20(17-29)11-14-27(28,5)24(21)12-13-26(22,23)4/h18-25H,6-16H2,1-5H3/t19-,20-,21+,22-,23+,24+,25-,26-,27+,28-/m0/s1. The van der Waals surface area contributed by atoms with Crippen LogP contribution in [0.1, 0.15) is 105 Å². The Balaban J connectivity index is 1.33. The van der Waals surface area contributed by atoms with Gasteiger partial charge in [0.2, 0.25) is 0 Å². The number of nitrogens with zero attached hydrogens (tertiary/aromatic N) is 1. The molecular formula is C28H45NO.